The summed E-state index contributed by atoms with van der Waals surface area (Å²) in [6.45, 7) is 0. The van der Waals surface area contributed by atoms with E-state index in [-0.39, 0.29) is 5.78 Å². The Balaban J connectivity index is 1.85. The molecule has 2 rings (SSSR count). The minimum atomic E-state index is 0.175. The van der Waals surface area contributed by atoms with Crippen molar-refractivity contribution in [3.8, 4) is 5.75 Å². The summed E-state index contributed by atoms with van der Waals surface area (Å²) in [6.07, 6.45) is 9.43. The van der Waals surface area contributed by atoms with Crippen molar-refractivity contribution in [1.29, 1.82) is 0 Å². The third kappa shape index (κ3) is 3.32. The molecular formula is C15H15O2. The Kier molecular flexibility index (Phi) is 4.18. The molecule has 1 aliphatic rings. The first kappa shape index (κ1) is 12.2. The number of ether oxygens (including phenoxy) is 1. The first-order chi connectivity index (χ1) is 8.29. The highest BCUT2D eigenvalue weighted by Gasteiger charge is 2.18. The van der Waals surface area contributed by atoms with Gasteiger partial charge in [-0.1, -0.05) is 0 Å². The van der Waals surface area contributed by atoms with Crippen LogP contribution in [0, 0.1) is 31.6 Å². The summed E-state index contributed by atoms with van der Waals surface area (Å²) < 4.78 is 5.06. The number of carbonyl (C=O) groups excluding carboxylic acids is 1. The fourth-order valence-corrected chi connectivity index (χ4v) is 1.76. The molecule has 2 heteroatoms. The van der Waals surface area contributed by atoms with Crippen molar-refractivity contribution >= 4 is 5.78 Å². The van der Waals surface area contributed by atoms with E-state index >= 15 is 0 Å². The molecule has 0 atom stereocenters. The van der Waals surface area contributed by atoms with Crippen LogP contribution in [0.5, 0.6) is 5.75 Å². The molecule has 17 heavy (non-hydrogen) atoms. The lowest BCUT2D eigenvalue weighted by atomic mass is 9.97. The summed E-state index contributed by atoms with van der Waals surface area (Å²) in [4.78, 5) is 11.9. The molecule has 1 aromatic rings. The molecule has 0 unspecified atom stereocenters. The maximum atomic E-state index is 11.9. The van der Waals surface area contributed by atoms with Crippen LogP contribution in [0.15, 0.2) is 24.3 Å². The Hall–Kier alpha value is -1.31. The van der Waals surface area contributed by atoms with Gasteiger partial charge < -0.3 is 4.74 Å². The predicted molar refractivity (Wildman–Crippen MR) is 67.0 cm³/mol. The van der Waals surface area contributed by atoms with Crippen LogP contribution in [-0.2, 0) is 0 Å². The lowest BCUT2D eigenvalue weighted by Gasteiger charge is -2.07. The molecule has 0 aliphatic heterocycles. The molecule has 0 aromatic heterocycles. The van der Waals surface area contributed by atoms with Crippen LogP contribution in [0.2, 0.25) is 0 Å². The van der Waals surface area contributed by atoms with Crippen molar-refractivity contribution < 1.29 is 9.53 Å². The number of rotatable bonds is 5. The quantitative estimate of drug-likeness (QED) is 0.723. The molecule has 1 saturated carbocycles. The van der Waals surface area contributed by atoms with Crippen molar-refractivity contribution in [3.63, 3.8) is 0 Å². The van der Waals surface area contributed by atoms with Crippen molar-refractivity contribution in [3.05, 3.63) is 61.4 Å². The normalized spacial score (nSPS) is 16.1. The average molecular weight is 227 g/mol. The van der Waals surface area contributed by atoms with Gasteiger partial charge in [-0.05, 0) is 62.3 Å². The molecule has 0 spiro atoms. The first-order valence-corrected chi connectivity index (χ1v) is 5.67. The summed E-state index contributed by atoms with van der Waals surface area (Å²) in [6, 6.07) is 7.25. The smallest absolute Gasteiger partial charge is 0.162 e. The van der Waals surface area contributed by atoms with Crippen molar-refractivity contribution in [2.45, 2.75) is 12.8 Å². The van der Waals surface area contributed by atoms with Crippen molar-refractivity contribution in [2.24, 2.45) is 0 Å². The standard InChI is InChI=1S/C15H15O2/c1-17-14-9-7-13(8-10-14)15(16)11-6-12-4-2-3-5-12/h2-5,7-10H,6,11H2,1H3. The Labute approximate surface area is 103 Å². The maximum Gasteiger partial charge on any atom is 0.162 e. The van der Waals surface area contributed by atoms with E-state index in [2.05, 4.69) is 0 Å². The summed E-state index contributed by atoms with van der Waals surface area (Å²) >= 11 is 0. The highest BCUT2D eigenvalue weighted by Crippen LogP contribution is 2.27. The number of Topliss-reactive ketones (excluding diaryl/α,β-unsaturated/α-hetero) is 1. The van der Waals surface area contributed by atoms with E-state index < -0.39 is 0 Å². The van der Waals surface area contributed by atoms with Gasteiger partial charge in [0.1, 0.15) is 5.75 Å². The minimum Gasteiger partial charge on any atom is -0.497 e. The second-order valence-electron chi connectivity index (χ2n) is 3.94. The van der Waals surface area contributed by atoms with Gasteiger partial charge in [0, 0.05) is 12.0 Å². The molecule has 0 amide bonds. The fourth-order valence-electron chi connectivity index (χ4n) is 1.76. The Bertz CT molecular complexity index is 361. The molecule has 0 saturated heterocycles. The SMILES string of the molecule is COc1ccc(C(=O)CC[C]2[CH][CH][CH][CH]2)cc1. The molecule has 0 N–H and O–H groups in total. The monoisotopic (exact) mass is 227 g/mol. The van der Waals surface area contributed by atoms with E-state index in [0.717, 1.165) is 17.7 Å². The van der Waals surface area contributed by atoms with E-state index in [9.17, 15) is 4.79 Å². The lowest BCUT2D eigenvalue weighted by molar-refractivity contribution is 0.0981. The van der Waals surface area contributed by atoms with Crippen LogP contribution in [0.25, 0.3) is 0 Å². The highest BCUT2D eigenvalue weighted by molar-refractivity contribution is 5.96. The zero-order chi connectivity index (χ0) is 12.1. The van der Waals surface area contributed by atoms with Crippen LogP contribution in [0.1, 0.15) is 23.2 Å². The molecule has 1 aliphatic carbocycles. The van der Waals surface area contributed by atoms with E-state index in [4.69, 9.17) is 4.74 Å². The molecule has 0 heterocycles. The second kappa shape index (κ2) is 5.85. The van der Waals surface area contributed by atoms with Gasteiger partial charge in [-0.25, -0.2) is 0 Å². The van der Waals surface area contributed by atoms with Crippen LogP contribution >= 0.6 is 0 Å². The summed E-state index contributed by atoms with van der Waals surface area (Å²) in [5.41, 5.74) is 0.748. The molecule has 1 fully saturated rings. The molecule has 2 nitrogen and oxygen atoms in total. The van der Waals surface area contributed by atoms with Crippen molar-refractivity contribution in [1.82, 2.24) is 0 Å². The molecule has 5 radical (unpaired) electrons. The van der Waals surface area contributed by atoms with E-state index in [1.165, 1.54) is 5.92 Å². The summed E-state index contributed by atoms with van der Waals surface area (Å²) in [5.74, 6) is 2.17. The van der Waals surface area contributed by atoms with Gasteiger partial charge in [-0.15, -0.1) is 0 Å². The summed E-state index contributed by atoms with van der Waals surface area (Å²) in [5, 5.41) is 0. The predicted octanol–water partition coefficient (Wildman–Crippen LogP) is 3.06. The van der Waals surface area contributed by atoms with Gasteiger partial charge in [-0.3, -0.25) is 4.79 Å². The molecule has 0 bridgehead atoms. The molecular weight excluding hydrogens is 212 g/mol. The second-order valence-corrected chi connectivity index (χ2v) is 3.94. The number of hydrogen-bond acceptors (Lipinski definition) is 2. The van der Waals surface area contributed by atoms with Crippen LogP contribution in [-0.4, -0.2) is 12.9 Å². The Morgan fingerprint density at radius 1 is 1.12 bits per heavy atom. The fraction of sp³-hybridized carbons (Fsp3) is 0.200. The zero-order valence-corrected chi connectivity index (χ0v) is 9.85. The van der Waals surface area contributed by atoms with Gasteiger partial charge in [-0.2, -0.15) is 0 Å². The number of carbonyl (C=O) groups is 1. The van der Waals surface area contributed by atoms with E-state index in [1.807, 2.05) is 49.9 Å². The Morgan fingerprint density at radius 3 is 2.35 bits per heavy atom. The van der Waals surface area contributed by atoms with Gasteiger partial charge >= 0.3 is 0 Å². The lowest BCUT2D eigenvalue weighted by Crippen LogP contribution is -2.02. The van der Waals surface area contributed by atoms with Gasteiger partial charge in [0.2, 0.25) is 0 Å². The topological polar surface area (TPSA) is 26.3 Å². The van der Waals surface area contributed by atoms with Crippen LogP contribution < -0.4 is 4.74 Å². The van der Waals surface area contributed by atoms with Crippen molar-refractivity contribution in [2.75, 3.05) is 7.11 Å². The Morgan fingerprint density at radius 2 is 1.76 bits per heavy atom. The first-order valence-electron chi connectivity index (χ1n) is 5.67. The van der Waals surface area contributed by atoms with Crippen LogP contribution in [0.3, 0.4) is 0 Å². The maximum absolute atomic E-state index is 11.9. The number of ketones is 1. The largest absolute Gasteiger partial charge is 0.497 e. The number of methoxy groups -OCH3 is 1. The van der Waals surface area contributed by atoms with Gasteiger partial charge in [0.25, 0.3) is 0 Å². The number of hydrogen-bond donors (Lipinski definition) is 0. The van der Waals surface area contributed by atoms with E-state index in [0.29, 0.717) is 6.42 Å². The summed E-state index contributed by atoms with van der Waals surface area (Å²) in [7, 11) is 1.62. The molecule has 1 aromatic carbocycles. The van der Waals surface area contributed by atoms with Gasteiger partial charge in [0.05, 0.1) is 7.11 Å². The number of benzene rings is 1. The molecule has 87 valence electrons. The average Bonchev–Trinajstić information content (AvgIpc) is 2.89. The minimum absolute atomic E-state index is 0.175. The van der Waals surface area contributed by atoms with Gasteiger partial charge in [0.15, 0.2) is 5.78 Å². The highest BCUT2D eigenvalue weighted by atomic mass is 16.5. The van der Waals surface area contributed by atoms with E-state index in [1.54, 1.807) is 7.11 Å². The third-order valence-corrected chi connectivity index (χ3v) is 2.78. The van der Waals surface area contributed by atoms with Crippen LogP contribution in [0.4, 0.5) is 0 Å². The third-order valence-electron chi connectivity index (χ3n) is 2.78. The zero-order valence-electron chi connectivity index (χ0n) is 9.85.